The van der Waals surface area contributed by atoms with Crippen molar-refractivity contribution in [2.24, 2.45) is 0 Å². The molecule has 0 atom stereocenters. The summed E-state index contributed by atoms with van der Waals surface area (Å²) in [4.78, 5) is 10.7. The zero-order valence-corrected chi connectivity index (χ0v) is 9.00. The van der Waals surface area contributed by atoms with E-state index in [0.29, 0.717) is 5.70 Å². The van der Waals surface area contributed by atoms with Crippen molar-refractivity contribution in [1.29, 1.82) is 0 Å². The van der Waals surface area contributed by atoms with Crippen LogP contribution >= 0.6 is 34.5 Å². The third kappa shape index (κ3) is 1.85. The molecule has 0 radical (unpaired) electrons. The number of halogens is 2. The number of carboxylic acid groups (broad SMARTS) is 1. The first-order chi connectivity index (χ1) is 5.95. The average molecular weight is 239 g/mol. The second kappa shape index (κ2) is 3.65. The smallest absolute Gasteiger partial charge is 0.413 e. The predicted octanol–water partition coefficient (Wildman–Crippen LogP) is 2.53. The molecule has 0 aliphatic rings. The van der Waals surface area contributed by atoms with Crippen LogP contribution in [0.3, 0.4) is 0 Å². The predicted molar refractivity (Wildman–Crippen MR) is 52.5 cm³/mol. The summed E-state index contributed by atoms with van der Waals surface area (Å²) in [5.41, 5.74) is 0.519. The summed E-state index contributed by atoms with van der Waals surface area (Å²) in [7, 11) is 0. The number of hydrogen-bond acceptors (Lipinski definition) is 2. The van der Waals surface area contributed by atoms with Crippen LogP contribution in [0.1, 0.15) is 16.7 Å². The van der Waals surface area contributed by atoms with Gasteiger partial charge in [-0.3, -0.25) is 0 Å². The van der Waals surface area contributed by atoms with Gasteiger partial charge in [-0.05, 0) is 29.5 Å². The summed E-state index contributed by atoms with van der Waals surface area (Å²) < 4.78 is 1.55. The topological polar surface area (TPSA) is 41.2 Å². The van der Waals surface area contributed by atoms with Crippen LogP contribution in [0.25, 0.3) is 5.70 Å². The minimum atomic E-state index is -1.07. The van der Waals surface area contributed by atoms with Crippen molar-refractivity contribution in [3.63, 3.8) is 0 Å². The van der Waals surface area contributed by atoms with Crippen LogP contribution in [0.15, 0.2) is 6.58 Å². The first kappa shape index (κ1) is 10.5. The molecule has 0 amide bonds. The fourth-order valence-electron chi connectivity index (χ4n) is 0.830. The SMILES string of the molecule is C=C(C)[n+]1c(C(=O)O)sc(Cl)c1Cl. The van der Waals surface area contributed by atoms with Gasteiger partial charge in [-0.15, -0.1) is 4.57 Å². The van der Waals surface area contributed by atoms with E-state index in [1.807, 2.05) is 0 Å². The molecule has 1 aromatic rings. The first-order valence-corrected chi connectivity index (χ1v) is 4.81. The molecule has 0 aliphatic heterocycles. The first-order valence-electron chi connectivity index (χ1n) is 3.24. The maximum Gasteiger partial charge on any atom is 0.413 e. The highest BCUT2D eigenvalue weighted by atomic mass is 35.5. The van der Waals surface area contributed by atoms with Crippen LogP contribution in [0.4, 0.5) is 0 Å². The van der Waals surface area contributed by atoms with Gasteiger partial charge in [-0.25, -0.2) is 4.79 Å². The lowest BCUT2D eigenvalue weighted by atomic mass is 10.5. The summed E-state index contributed by atoms with van der Waals surface area (Å²) in [6.07, 6.45) is 0. The minimum Gasteiger partial charge on any atom is -0.473 e. The van der Waals surface area contributed by atoms with E-state index in [2.05, 4.69) is 6.58 Å². The Bertz CT molecular complexity index is 386. The average Bonchev–Trinajstić information content (AvgIpc) is 2.28. The zero-order chi connectivity index (χ0) is 10.2. The van der Waals surface area contributed by atoms with E-state index < -0.39 is 5.97 Å². The quantitative estimate of drug-likeness (QED) is 0.805. The van der Waals surface area contributed by atoms with Crippen molar-refractivity contribution in [3.05, 3.63) is 21.1 Å². The van der Waals surface area contributed by atoms with Crippen molar-refractivity contribution in [3.8, 4) is 0 Å². The normalized spacial score (nSPS) is 10.1. The lowest BCUT2D eigenvalue weighted by molar-refractivity contribution is -0.576. The Morgan fingerprint density at radius 1 is 1.62 bits per heavy atom. The Balaban J connectivity index is 3.44. The second-order valence-electron chi connectivity index (χ2n) is 2.35. The molecule has 0 saturated carbocycles. The van der Waals surface area contributed by atoms with Crippen molar-refractivity contribution in [2.75, 3.05) is 0 Å². The van der Waals surface area contributed by atoms with Gasteiger partial charge in [-0.1, -0.05) is 11.6 Å². The molecule has 1 aromatic heterocycles. The standard InChI is InChI=1S/C7H5Cl2NO2S/c1-3(2)10-4(8)5(9)13-6(10)7(11)12/h1H2,2H3/p+1. The van der Waals surface area contributed by atoms with Crippen molar-refractivity contribution in [2.45, 2.75) is 6.92 Å². The summed E-state index contributed by atoms with van der Waals surface area (Å²) >= 11 is 12.4. The molecule has 3 nitrogen and oxygen atoms in total. The highest BCUT2D eigenvalue weighted by Crippen LogP contribution is 2.27. The molecule has 0 aliphatic carbocycles. The molecule has 13 heavy (non-hydrogen) atoms. The summed E-state index contributed by atoms with van der Waals surface area (Å²) in [6.45, 7) is 5.26. The van der Waals surface area contributed by atoms with Gasteiger partial charge in [0.1, 0.15) is 0 Å². The molecule has 0 fully saturated rings. The van der Waals surface area contributed by atoms with E-state index in [-0.39, 0.29) is 14.5 Å². The van der Waals surface area contributed by atoms with Crippen LogP contribution in [-0.4, -0.2) is 11.1 Å². The number of aromatic carboxylic acids is 1. The highest BCUT2D eigenvalue weighted by molar-refractivity contribution is 7.17. The largest absolute Gasteiger partial charge is 0.473 e. The van der Waals surface area contributed by atoms with Gasteiger partial charge < -0.3 is 5.11 Å². The molecule has 0 unspecified atom stereocenters. The third-order valence-electron chi connectivity index (χ3n) is 1.31. The molecule has 70 valence electrons. The number of hydrogen-bond donors (Lipinski definition) is 1. The maximum atomic E-state index is 10.7. The third-order valence-corrected chi connectivity index (χ3v) is 3.21. The van der Waals surface area contributed by atoms with Crippen LogP contribution in [0.2, 0.25) is 9.49 Å². The summed E-state index contributed by atoms with van der Waals surface area (Å²) in [5.74, 6) is -1.07. The molecule has 1 N–H and O–H groups in total. The van der Waals surface area contributed by atoms with Gasteiger partial charge in [-0.2, -0.15) is 0 Å². The van der Waals surface area contributed by atoms with Gasteiger partial charge in [0.15, 0.2) is 10.0 Å². The van der Waals surface area contributed by atoms with Gasteiger partial charge in [0, 0.05) is 6.92 Å². The number of rotatable bonds is 2. The minimum absolute atomic E-state index is 0.0579. The van der Waals surface area contributed by atoms with Crippen LogP contribution in [-0.2, 0) is 0 Å². The molecule has 0 saturated heterocycles. The maximum absolute atomic E-state index is 10.7. The highest BCUT2D eigenvalue weighted by Gasteiger charge is 2.30. The molecule has 0 spiro atoms. The van der Waals surface area contributed by atoms with Gasteiger partial charge in [0.2, 0.25) is 0 Å². The Hall–Kier alpha value is -0.580. The van der Waals surface area contributed by atoms with E-state index in [0.717, 1.165) is 11.3 Å². The molecule has 6 heteroatoms. The van der Waals surface area contributed by atoms with Gasteiger partial charge in [0.25, 0.3) is 0 Å². The van der Waals surface area contributed by atoms with E-state index in [1.54, 1.807) is 6.92 Å². The van der Waals surface area contributed by atoms with Crippen molar-refractivity contribution in [1.82, 2.24) is 0 Å². The van der Waals surface area contributed by atoms with E-state index in [9.17, 15) is 4.79 Å². The monoisotopic (exact) mass is 238 g/mol. The molecule has 1 heterocycles. The molecule has 0 aromatic carbocycles. The van der Waals surface area contributed by atoms with Crippen LogP contribution in [0.5, 0.6) is 0 Å². The lowest BCUT2D eigenvalue weighted by Crippen LogP contribution is -2.35. The number of nitrogens with zero attached hydrogens (tertiary/aromatic N) is 1. The Kier molecular flexibility index (Phi) is 2.95. The molecular formula is C7H6Cl2NO2S+. The van der Waals surface area contributed by atoms with Crippen LogP contribution in [0, 0.1) is 0 Å². The molecule has 1 rings (SSSR count). The lowest BCUT2D eigenvalue weighted by Gasteiger charge is -1.90. The fourth-order valence-corrected chi connectivity index (χ4v) is 2.30. The number of carboxylic acids is 1. The molecule has 0 bridgehead atoms. The number of allylic oxidation sites excluding steroid dienone is 1. The Morgan fingerprint density at radius 2 is 2.15 bits per heavy atom. The van der Waals surface area contributed by atoms with Crippen molar-refractivity contribution < 1.29 is 14.5 Å². The zero-order valence-electron chi connectivity index (χ0n) is 6.67. The van der Waals surface area contributed by atoms with E-state index in [1.165, 1.54) is 4.57 Å². The summed E-state index contributed by atoms with van der Waals surface area (Å²) in [6, 6.07) is 0. The van der Waals surface area contributed by atoms with Crippen molar-refractivity contribution >= 4 is 46.2 Å². The second-order valence-corrected chi connectivity index (χ2v) is 4.31. The van der Waals surface area contributed by atoms with Gasteiger partial charge >= 0.3 is 16.1 Å². The molecular weight excluding hydrogens is 233 g/mol. The number of thiazole rings is 1. The summed E-state index contributed by atoms with van der Waals surface area (Å²) in [5, 5.41) is 9.03. The van der Waals surface area contributed by atoms with E-state index in [4.69, 9.17) is 28.3 Å². The fraction of sp³-hybridized carbons (Fsp3) is 0.143. The van der Waals surface area contributed by atoms with Crippen LogP contribution < -0.4 is 4.57 Å². The Labute approximate surface area is 88.8 Å². The number of carbonyl (C=O) groups is 1. The Morgan fingerprint density at radius 3 is 2.46 bits per heavy atom. The van der Waals surface area contributed by atoms with E-state index >= 15 is 0 Å². The van der Waals surface area contributed by atoms with Gasteiger partial charge in [0.05, 0.1) is 0 Å². The number of aromatic nitrogens is 1.